The zero-order chi connectivity index (χ0) is 11.4. The summed E-state index contributed by atoms with van der Waals surface area (Å²) in [6.07, 6.45) is 7.86. The van der Waals surface area contributed by atoms with Gasteiger partial charge in [-0.1, -0.05) is 36.9 Å². The van der Waals surface area contributed by atoms with Crippen LogP contribution in [0.1, 0.15) is 0 Å². The van der Waals surface area contributed by atoms with Gasteiger partial charge in [0.15, 0.2) is 0 Å². The number of aliphatic imine (C=N–C) groups is 1. The summed E-state index contributed by atoms with van der Waals surface area (Å²) in [6, 6.07) is 7.95. The predicted octanol–water partition coefficient (Wildman–Crippen LogP) is 3.48. The second kappa shape index (κ2) is 4.62. The van der Waals surface area contributed by atoms with Gasteiger partial charge in [0.05, 0.1) is 17.1 Å². The van der Waals surface area contributed by atoms with Crippen molar-refractivity contribution in [2.24, 2.45) is 4.99 Å². The number of anilines is 1. The summed E-state index contributed by atoms with van der Waals surface area (Å²) in [6.45, 7) is 3.96. The number of benzene rings is 1. The molecule has 1 N–H and O–H groups in total. The van der Waals surface area contributed by atoms with E-state index >= 15 is 0 Å². The van der Waals surface area contributed by atoms with E-state index in [0.717, 1.165) is 22.7 Å². The van der Waals surface area contributed by atoms with Gasteiger partial charge in [0.1, 0.15) is 0 Å². The van der Waals surface area contributed by atoms with Crippen molar-refractivity contribution in [1.29, 1.82) is 0 Å². The van der Waals surface area contributed by atoms with E-state index in [0.29, 0.717) is 0 Å². The highest BCUT2D eigenvalue weighted by molar-refractivity contribution is 6.12. The topological polar surface area (TPSA) is 24.4 Å². The molecule has 0 radical (unpaired) electrons. The van der Waals surface area contributed by atoms with Gasteiger partial charge in [0.25, 0.3) is 0 Å². The van der Waals surface area contributed by atoms with Crippen LogP contribution >= 0.6 is 0 Å². The second-order valence-electron chi connectivity index (χ2n) is 3.51. The molecule has 80 valence electrons. The molecule has 0 aliphatic heterocycles. The molecule has 1 aromatic rings. The van der Waals surface area contributed by atoms with Crippen molar-refractivity contribution < 1.29 is 0 Å². The van der Waals surface area contributed by atoms with Crippen molar-refractivity contribution in [2.45, 2.75) is 0 Å². The maximum absolute atomic E-state index is 4.59. The first kappa shape index (κ1) is 10.4. The zero-order valence-electron chi connectivity index (χ0n) is 9.27. The van der Waals surface area contributed by atoms with E-state index in [9.17, 15) is 0 Å². The smallest absolute Gasteiger partial charge is 0.0868 e. The highest BCUT2D eigenvalue weighted by Crippen LogP contribution is 2.25. The van der Waals surface area contributed by atoms with Gasteiger partial charge in [-0.2, -0.15) is 0 Å². The van der Waals surface area contributed by atoms with Crippen molar-refractivity contribution in [2.75, 3.05) is 12.4 Å². The van der Waals surface area contributed by atoms with E-state index in [1.54, 1.807) is 0 Å². The van der Waals surface area contributed by atoms with Gasteiger partial charge in [-0.05, 0) is 23.8 Å². The van der Waals surface area contributed by atoms with Crippen molar-refractivity contribution in [3.8, 4) is 0 Å². The third-order valence-electron chi connectivity index (χ3n) is 2.41. The van der Waals surface area contributed by atoms with Gasteiger partial charge in [0.2, 0.25) is 0 Å². The van der Waals surface area contributed by atoms with Crippen LogP contribution in [-0.2, 0) is 0 Å². The molecule has 0 bridgehead atoms. The van der Waals surface area contributed by atoms with Crippen LogP contribution in [0.3, 0.4) is 0 Å². The molecule has 1 aliphatic carbocycles. The Morgan fingerprint density at radius 2 is 1.88 bits per heavy atom. The fraction of sp³-hybridized carbons (Fsp3) is 0.0714. The number of allylic oxidation sites excluding steroid dienone is 5. The van der Waals surface area contributed by atoms with Crippen LogP contribution in [0.4, 0.5) is 11.4 Å². The van der Waals surface area contributed by atoms with Crippen LogP contribution in [0.15, 0.2) is 65.7 Å². The molecule has 1 aliphatic rings. The van der Waals surface area contributed by atoms with E-state index < -0.39 is 0 Å². The van der Waals surface area contributed by atoms with Gasteiger partial charge < -0.3 is 5.32 Å². The summed E-state index contributed by atoms with van der Waals surface area (Å²) >= 11 is 0. The highest BCUT2D eigenvalue weighted by Gasteiger charge is 2.03. The van der Waals surface area contributed by atoms with Gasteiger partial charge >= 0.3 is 0 Å². The van der Waals surface area contributed by atoms with E-state index in [-0.39, 0.29) is 0 Å². The standard InChI is InChI=1S/C14H14N2/c1-11-7-3-4-8-12(11)16-14-10-6-5-9-13(14)15-2/h3-10,15H,1H2,2H3/b16-12-. The fourth-order valence-electron chi connectivity index (χ4n) is 1.53. The molecule has 2 rings (SSSR count). The Hall–Kier alpha value is -2.09. The van der Waals surface area contributed by atoms with Crippen LogP contribution in [-0.4, -0.2) is 12.8 Å². The van der Waals surface area contributed by atoms with Crippen molar-refractivity contribution in [3.63, 3.8) is 0 Å². The molecule has 0 unspecified atom stereocenters. The Labute approximate surface area is 95.7 Å². The zero-order valence-corrected chi connectivity index (χ0v) is 9.27. The maximum atomic E-state index is 4.59. The van der Waals surface area contributed by atoms with E-state index in [2.05, 4.69) is 16.9 Å². The Kier molecular flexibility index (Phi) is 3.01. The molecule has 0 saturated heterocycles. The summed E-state index contributed by atoms with van der Waals surface area (Å²) in [4.78, 5) is 4.59. The number of rotatable bonds is 2. The monoisotopic (exact) mass is 210 g/mol. The molecule has 0 amide bonds. The normalized spacial score (nSPS) is 16.8. The molecule has 2 nitrogen and oxygen atoms in total. The Morgan fingerprint density at radius 1 is 1.12 bits per heavy atom. The lowest BCUT2D eigenvalue weighted by atomic mass is 10.1. The molecule has 16 heavy (non-hydrogen) atoms. The summed E-state index contributed by atoms with van der Waals surface area (Å²) < 4.78 is 0. The second-order valence-corrected chi connectivity index (χ2v) is 3.51. The average Bonchev–Trinajstić information content (AvgIpc) is 2.33. The van der Waals surface area contributed by atoms with Gasteiger partial charge in [-0.25, -0.2) is 4.99 Å². The summed E-state index contributed by atoms with van der Waals surface area (Å²) in [5.74, 6) is 0. The van der Waals surface area contributed by atoms with E-state index in [1.807, 2.05) is 55.6 Å². The number of hydrogen-bond donors (Lipinski definition) is 1. The third-order valence-corrected chi connectivity index (χ3v) is 2.41. The molecule has 0 fully saturated rings. The molecule has 0 saturated carbocycles. The van der Waals surface area contributed by atoms with E-state index in [1.165, 1.54) is 0 Å². The molecule has 0 heterocycles. The average molecular weight is 210 g/mol. The first-order valence-corrected chi connectivity index (χ1v) is 5.21. The summed E-state index contributed by atoms with van der Waals surface area (Å²) in [5, 5.41) is 3.12. The molecule has 2 heteroatoms. The van der Waals surface area contributed by atoms with E-state index in [4.69, 9.17) is 0 Å². The number of para-hydroxylation sites is 2. The van der Waals surface area contributed by atoms with Gasteiger partial charge in [-0.15, -0.1) is 0 Å². The number of nitrogens with one attached hydrogen (secondary N) is 1. The first-order chi connectivity index (χ1) is 7.81. The predicted molar refractivity (Wildman–Crippen MR) is 70.5 cm³/mol. The number of hydrogen-bond acceptors (Lipinski definition) is 2. The van der Waals surface area contributed by atoms with Crippen LogP contribution < -0.4 is 5.32 Å². The molecule has 0 atom stereocenters. The van der Waals surface area contributed by atoms with Gasteiger partial charge in [-0.3, -0.25) is 0 Å². The molecular weight excluding hydrogens is 196 g/mol. The largest absolute Gasteiger partial charge is 0.386 e. The molecule has 1 aromatic carbocycles. The maximum Gasteiger partial charge on any atom is 0.0868 e. The Bertz CT molecular complexity index is 493. The van der Waals surface area contributed by atoms with Crippen LogP contribution in [0.2, 0.25) is 0 Å². The minimum absolute atomic E-state index is 0.908. The minimum atomic E-state index is 0.908. The first-order valence-electron chi connectivity index (χ1n) is 5.21. The Morgan fingerprint density at radius 3 is 2.62 bits per heavy atom. The quantitative estimate of drug-likeness (QED) is 0.794. The number of nitrogens with zero attached hydrogens (tertiary/aromatic N) is 1. The minimum Gasteiger partial charge on any atom is -0.386 e. The van der Waals surface area contributed by atoms with Crippen molar-refractivity contribution >= 4 is 17.1 Å². The fourth-order valence-corrected chi connectivity index (χ4v) is 1.53. The summed E-state index contributed by atoms with van der Waals surface area (Å²) in [7, 11) is 1.89. The van der Waals surface area contributed by atoms with Crippen molar-refractivity contribution in [3.05, 3.63) is 60.7 Å². The van der Waals surface area contributed by atoms with Crippen LogP contribution in [0.25, 0.3) is 0 Å². The molecule has 0 spiro atoms. The summed E-state index contributed by atoms with van der Waals surface area (Å²) in [5.41, 5.74) is 3.80. The molecule has 0 aromatic heterocycles. The lowest BCUT2D eigenvalue weighted by Gasteiger charge is -2.08. The SMILES string of the molecule is C=C1C=CC=C/C1=N/c1ccccc1NC. The van der Waals surface area contributed by atoms with Crippen LogP contribution in [0, 0.1) is 0 Å². The molecular formula is C14H14N2. The lowest BCUT2D eigenvalue weighted by Crippen LogP contribution is -1.98. The van der Waals surface area contributed by atoms with Crippen LogP contribution in [0.5, 0.6) is 0 Å². The lowest BCUT2D eigenvalue weighted by molar-refractivity contribution is 1.44. The third kappa shape index (κ3) is 2.11. The highest BCUT2D eigenvalue weighted by atomic mass is 14.9. The Balaban J connectivity index is 2.39. The van der Waals surface area contributed by atoms with Gasteiger partial charge in [0, 0.05) is 7.05 Å². The van der Waals surface area contributed by atoms with Crippen molar-refractivity contribution in [1.82, 2.24) is 0 Å².